The quantitative estimate of drug-likeness (QED) is 0.560. The summed E-state index contributed by atoms with van der Waals surface area (Å²) < 4.78 is 30.5. The number of anilines is 1. The van der Waals surface area contributed by atoms with E-state index in [1.807, 2.05) is 0 Å². The second-order valence-electron chi connectivity index (χ2n) is 7.79. The van der Waals surface area contributed by atoms with E-state index in [-0.39, 0.29) is 34.1 Å². The molecule has 3 aromatic rings. The van der Waals surface area contributed by atoms with Gasteiger partial charge < -0.3 is 15.1 Å². The number of sulfone groups is 1. The van der Waals surface area contributed by atoms with Gasteiger partial charge in [-0.2, -0.15) is 0 Å². The van der Waals surface area contributed by atoms with E-state index in [4.69, 9.17) is 4.42 Å². The monoisotopic (exact) mass is 452 g/mol. The third kappa shape index (κ3) is 5.08. The van der Waals surface area contributed by atoms with Crippen LogP contribution in [-0.4, -0.2) is 26.3 Å². The first-order valence-corrected chi connectivity index (χ1v) is 12.2. The molecular formula is C24H24N2O5S. The van der Waals surface area contributed by atoms with Gasteiger partial charge >= 0.3 is 0 Å². The van der Waals surface area contributed by atoms with Crippen LogP contribution in [0.5, 0.6) is 0 Å². The van der Waals surface area contributed by atoms with E-state index >= 15 is 0 Å². The van der Waals surface area contributed by atoms with Crippen LogP contribution in [0.4, 0.5) is 5.69 Å². The third-order valence-corrected chi connectivity index (χ3v) is 7.09. The summed E-state index contributed by atoms with van der Waals surface area (Å²) in [4.78, 5) is 25.6. The molecule has 0 bridgehead atoms. The second-order valence-corrected chi connectivity index (χ2v) is 9.78. The van der Waals surface area contributed by atoms with Gasteiger partial charge in [0.2, 0.25) is 0 Å². The standard InChI is InChI=1S/C24H24N2O5S/c27-23(25-17-8-4-5-9-17)20-12-6-7-13-21(20)26-24(28)22-15-14-18(31-22)16-32(29,30)19-10-2-1-3-11-19/h1-3,6-7,10-15,17H,4-5,8-9,16H2,(H,25,27)(H,26,28). The highest BCUT2D eigenvalue weighted by atomic mass is 32.2. The van der Waals surface area contributed by atoms with Crippen molar-refractivity contribution in [3.63, 3.8) is 0 Å². The molecule has 0 saturated heterocycles. The van der Waals surface area contributed by atoms with Gasteiger partial charge in [-0.1, -0.05) is 43.2 Å². The molecule has 166 valence electrons. The van der Waals surface area contributed by atoms with Crippen molar-refractivity contribution < 1.29 is 22.4 Å². The number of carbonyl (C=O) groups excluding carboxylic acids is 2. The Morgan fingerprint density at radius 3 is 2.31 bits per heavy atom. The largest absolute Gasteiger partial charge is 0.455 e. The fourth-order valence-corrected chi connectivity index (χ4v) is 5.05. The van der Waals surface area contributed by atoms with Crippen LogP contribution in [0.2, 0.25) is 0 Å². The van der Waals surface area contributed by atoms with Crippen LogP contribution < -0.4 is 10.6 Å². The number of para-hydroxylation sites is 1. The summed E-state index contributed by atoms with van der Waals surface area (Å²) in [6, 6.07) is 17.9. The molecular weight excluding hydrogens is 428 g/mol. The maximum atomic E-state index is 12.7. The van der Waals surface area contributed by atoms with Crippen molar-refractivity contribution in [1.82, 2.24) is 5.32 Å². The molecule has 8 heteroatoms. The lowest BCUT2D eigenvalue weighted by Gasteiger charge is -2.14. The van der Waals surface area contributed by atoms with Crippen molar-refractivity contribution in [3.05, 3.63) is 83.8 Å². The SMILES string of the molecule is O=C(Nc1ccccc1C(=O)NC1CCCC1)c1ccc(CS(=O)(=O)c2ccccc2)o1. The summed E-state index contributed by atoms with van der Waals surface area (Å²) in [5.74, 6) is -1.03. The molecule has 0 aliphatic heterocycles. The van der Waals surface area contributed by atoms with E-state index in [2.05, 4.69) is 10.6 Å². The molecule has 2 N–H and O–H groups in total. The zero-order chi connectivity index (χ0) is 22.6. The molecule has 4 rings (SSSR count). The van der Waals surface area contributed by atoms with Crippen LogP contribution in [0.25, 0.3) is 0 Å². The Bertz CT molecular complexity index is 1210. The number of hydrogen-bond acceptors (Lipinski definition) is 5. The van der Waals surface area contributed by atoms with Gasteiger partial charge in [-0.25, -0.2) is 8.42 Å². The molecule has 1 aliphatic rings. The molecule has 2 aromatic carbocycles. The first-order chi connectivity index (χ1) is 15.4. The number of amides is 2. The van der Waals surface area contributed by atoms with Gasteiger partial charge in [-0.05, 0) is 49.2 Å². The first-order valence-electron chi connectivity index (χ1n) is 10.5. The maximum Gasteiger partial charge on any atom is 0.291 e. The summed E-state index contributed by atoms with van der Waals surface area (Å²) in [5, 5.41) is 5.71. The lowest BCUT2D eigenvalue weighted by Crippen LogP contribution is -2.33. The van der Waals surface area contributed by atoms with E-state index < -0.39 is 15.7 Å². The van der Waals surface area contributed by atoms with Crippen LogP contribution in [0.3, 0.4) is 0 Å². The summed E-state index contributed by atoms with van der Waals surface area (Å²) >= 11 is 0. The van der Waals surface area contributed by atoms with Gasteiger partial charge in [0.1, 0.15) is 11.5 Å². The van der Waals surface area contributed by atoms with Gasteiger partial charge in [0.05, 0.1) is 16.1 Å². The summed E-state index contributed by atoms with van der Waals surface area (Å²) in [7, 11) is -3.59. The molecule has 1 fully saturated rings. The topological polar surface area (TPSA) is 105 Å². The normalized spacial score (nSPS) is 14.2. The molecule has 1 aliphatic carbocycles. The highest BCUT2D eigenvalue weighted by Crippen LogP contribution is 2.22. The fourth-order valence-electron chi connectivity index (χ4n) is 3.78. The van der Waals surface area contributed by atoms with E-state index in [0.717, 1.165) is 25.7 Å². The zero-order valence-corrected chi connectivity index (χ0v) is 18.2. The average Bonchev–Trinajstić information content (AvgIpc) is 3.47. The first kappa shape index (κ1) is 21.8. The summed E-state index contributed by atoms with van der Waals surface area (Å²) in [6.07, 6.45) is 4.12. The highest BCUT2D eigenvalue weighted by Gasteiger charge is 2.22. The Morgan fingerprint density at radius 1 is 0.875 bits per heavy atom. The Morgan fingerprint density at radius 2 is 1.56 bits per heavy atom. The van der Waals surface area contributed by atoms with Gasteiger partial charge in [-0.3, -0.25) is 9.59 Å². The van der Waals surface area contributed by atoms with Gasteiger partial charge in [0.25, 0.3) is 11.8 Å². The van der Waals surface area contributed by atoms with E-state index in [1.165, 1.54) is 24.3 Å². The number of rotatable bonds is 7. The van der Waals surface area contributed by atoms with E-state index in [1.54, 1.807) is 42.5 Å². The van der Waals surface area contributed by atoms with Gasteiger partial charge in [-0.15, -0.1) is 0 Å². The van der Waals surface area contributed by atoms with Crippen LogP contribution in [-0.2, 0) is 15.6 Å². The van der Waals surface area contributed by atoms with Crippen LogP contribution >= 0.6 is 0 Å². The van der Waals surface area contributed by atoms with Gasteiger partial charge in [0, 0.05) is 6.04 Å². The molecule has 1 aromatic heterocycles. The Kier molecular flexibility index (Phi) is 6.41. The molecule has 32 heavy (non-hydrogen) atoms. The molecule has 7 nitrogen and oxygen atoms in total. The lowest BCUT2D eigenvalue weighted by molar-refractivity contribution is 0.0938. The number of benzene rings is 2. The minimum absolute atomic E-state index is 0.0331. The minimum Gasteiger partial charge on any atom is -0.455 e. The third-order valence-electron chi connectivity index (χ3n) is 5.43. The van der Waals surface area contributed by atoms with Crippen LogP contribution in [0.15, 0.2) is 76.0 Å². The minimum atomic E-state index is -3.59. The average molecular weight is 453 g/mol. The number of carbonyl (C=O) groups is 2. The lowest BCUT2D eigenvalue weighted by atomic mass is 10.1. The highest BCUT2D eigenvalue weighted by molar-refractivity contribution is 7.90. The van der Waals surface area contributed by atoms with Crippen LogP contribution in [0.1, 0.15) is 52.4 Å². The van der Waals surface area contributed by atoms with Crippen molar-refractivity contribution in [2.24, 2.45) is 0 Å². The smallest absolute Gasteiger partial charge is 0.291 e. The number of nitrogens with one attached hydrogen (secondary N) is 2. The molecule has 0 unspecified atom stereocenters. The molecule has 0 spiro atoms. The maximum absolute atomic E-state index is 12.7. The predicted molar refractivity (Wildman–Crippen MR) is 120 cm³/mol. The van der Waals surface area contributed by atoms with Crippen LogP contribution in [0, 0.1) is 0 Å². The summed E-state index contributed by atoms with van der Waals surface area (Å²) in [6.45, 7) is 0. The molecule has 0 radical (unpaired) electrons. The molecule has 0 atom stereocenters. The fraction of sp³-hybridized carbons (Fsp3) is 0.250. The van der Waals surface area contributed by atoms with Gasteiger partial charge in [0.15, 0.2) is 15.6 Å². The summed E-state index contributed by atoms with van der Waals surface area (Å²) in [5.41, 5.74) is 0.731. The predicted octanol–water partition coefficient (Wildman–Crippen LogP) is 4.18. The van der Waals surface area contributed by atoms with Crippen molar-refractivity contribution in [2.75, 3.05) is 5.32 Å². The van der Waals surface area contributed by atoms with Crippen molar-refractivity contribution in [1.29, 1.82) is 0 Å². The second kappa shape index (κ2) is 9.40. The van der Waals surface area contributed by atoms with E-state index in [9.17, 15) is 18.0 Å². The van der Waals surface area contributed by atoms with Crippen molar-refractivity contribution >= 4 is 27.3 Å². The van der Waals surface area contributed by atoms with Crippen molar-refractivity contribution in [3.8, 4) is 0 Å². The number of furan rings is 1. The Hall–Kier alpha value is -3.39. The molecule has 1 heterocycles. The van der Waals surface area contributed by atoms with E-state index in [0.29, 0.717) is 11.3 Å². The Balaban J connectivity index is 1.45. The zero-order valence-electron chi connectivity index (χ0n) is 17.4. The molecule has 1 saturated carbocycles. The Labute approximate surface area is 186 Å². The number of hydrogen-bond donors (Lipinski definition) is 2. The molecule has 2 amide bonds. The van der Waals surface area contributed by atoms with Crippen molar-refractivity contribution in [2.45, 2.75) is 42.4 Å².